The first kappa shape index (κ1) is 53.6. The molecule has 0 aliphatic heterocycles. The molecule has 0 saturated heterocycles. The molecule has 4 rings (SSSR count). The number of benzene rings is 4. The first-order chi connectivity index (χ1) is 28.6. The Hall–Kier alpha value is -2.73. The van der Waals surface area contributed by atoms with Crippen LogP contribution >= 0.6 is 14.7 Å². The number of aliphatic hydroxyl groups is 1. The van der Waals surface area contributed by atoms with Crippen molar-refractivity contribution in [1.29, 1.82) is 0 Å². The summed E-state index contributed by atoms with van der Waals surface area (Å²) in [5.41, 5.74) is 4.23. The second kappa shape index (κ2) is 22.0. The zero-order chi connectivity index (χ0) is 46.9. The average molecular weight is 959 g/mol. The number of aliphatic hydroxyl groups excluding tert-OH is 1. The molecule has 4 aromatic carbocycles. The van der Waals surface area contributed by atoms with Crippen LogP contribution in [-0.2, 0) is 48.2 Å². The summed E-state index contributed by atoms with van der Waals surface area (Å²) in [6.45, 7) is 30.2. The van der Waals surface area contributed by atoms with E-state index < -0.39 is 59.8 Å². The van der Waals surface area contributed by atoms with Crippen LogP contribution in [0, 0.1) is 27.7 Å². The molecular formula is C45H68O11P2Si4. The predicted octanol–water partition coefficient (Wildman–Crippen LogP) is 11.2. The van der Waals surface area contributed by atoms with Gasteiger partial charge in [-0.3, -0.25) is 18.7 Å². The molecule has 0 bridgehead atoms. The van der Waals surface area contributed by atoms with Crippen LogP contribution in [0.25, 0.3) is 0 Å². The second-order valence-corrected chi connectivity index (χ2v) is 39.0. The third-order valence-electron chi connectivity index (χ3n) is 8.85. The van der Waals surface area contributed by atoms with Crippen molar-refractivity contribution in [1.82, 2.24) is 0 Å². The molecule has 0 aromatic heterocycles. The van der Waals surface area contributed by atoms with Crippen molar-refractivity contribution in [2.75, 3.05) is 13.2 Å². The number of rotatable bonds is 20. The van der Waals surface area contributed by atoms with Gasteiger partial charge in [0.25, 0.3) is 11.0 Å². The number of hydrogen-bond donors (Lipinski definition) is 1. The van der Waals surface area contributed by atoms with Crippen LogP contribution in [0.15, 0.2) is 84.9 Å². The fourth-order valence-electron chi connectivity index (χ4n) is 6.81. The molecule has 0 spiro atoms. The Labute approximate surface area is 374 Å². The van der Waals surface area contributed by atoms with Crippen LogP contribution in [0.1, 0.15) is 67.9 Å². The van der Waals surface area contributed by atoms with Gasteiger partial charge in [0.1, 0.15) is 0 Å². The molecule has 0 radical (unpaired) electrons. The molecular weight excluding hydrogens is 891 g/mol. The van der Waals surface area contributed by atoms with Gasteiger partial charge in [-0.1, -0.05) is 60.7 Å². The Kier molecular flexibility index (Phi) is 19.0. The quantitative estimate of drug-likeness (QED) is 0.0668. The van der Waals surface area contributed by atoms with Gasteiger partial charge in [0.2, 0.25) is 0 Å². The molecule has 0 heterocycles. The normalized spacial score (nSPS) is 14.3. The van der Waals surface area contributed by atoms with Gasteiger partial charge in [0, 0.05) is 21.7 Å². The molecule has 4 aromatic rings. The van der Waals surface area contributed by atoms with Crippen molar-refractivity contribution < 1.29 is 49.6 Å². The van der Waals surface area contributed by atoms with E-state index in [0.717, 1.165) is 11.1 Å². The summed E-state index contributed by atoms with van der Waals surface area (Å²) < 4.78 is 64.8. The molecule has 1 N–H and O–H groups in total. The fraction of sp³-hybridized carbons (Fsp3) is 0.422. The van der Waals surface area contributed by atoms with E-state index in [-0.39, 0.29) is 26.4 Å². The molecule has 0 saturated carbocycles. The van der Waals surface area contributed by atoms with Gasteiger partial charge < -0.3 is 30.9 Å². The lowest BCUT2D eigenvalue weighted by Crippen LogP contribution is -2.62. The van der Waals surface area contributed by atoms with Crippen LogP contribution in [0.3, 0.4) is 0 Å². The lowest BCUT2D eigenvalue weighted by atomic mass is 10.0. The molecule has 11 nitrogen and oxygen atoms in total. The van der Waals surface area contributed by atoms with Crippen LogP contribution in [0.2, 0.25) is 58.9 Å². The van der Waals surface area contributed by atoms with Crippen LogP contribution < -0.4 is 10.6 Å². The summed E-state index contributed by atoms with van der Waals surface area (Å²) in [4.78, 5) is 26.8. The van der Waals surface area contributed by atoms with E-state index >= 15 is 0 Å². The van der Waals surface area contributed by atoms with Crippen LogP contribution in [0.4, 0.5) is 0 Å². The van der Waals surface area contributed by atoms with Gasteiger partial charge >= 0.3 is 23.8 Å². The minimum Gasteiger partial charge on any atom is -0.395 e. The topological polar surface area (TPSA) is 144 Å². The zero-order valence-corrected chi connectivity index (χ0v) is 45.1. The van der Waals surface area contributed by atoms with Crippen LogP contribution in [0.5, 0.6) is 0 Å². The number of carbonyl (C=O) groups excluding carboxylic acids is 2. The number of hydrogen-bond acceptors (Lipinski definition) is 11. The third kappa shape index (κ3) is 14.6. The summed E-state index contributed by atoms with van der Waals surface area (Å²) in [5.74, 6) is 0. The van der Waals surface area contributed by atoms with E-state index in [0.29, 0.717) is 44.0 Å². The van der Waals surface area contributed by atoms with E-state index in [1.165, 1.54) is 0 Å². The van der Waals surface area contributed by atoms with Gasteiger partial charge in [-0.2, -0.15) is 0 Å². The first-order valence-electron chi connectivity index (χ1n) is 20.9. The highest BCUT2D eigenvalue weighted by molar-refractivity contribution is 7.84. The Morgan fingerprint density at radius 2 is 0.839 bits per heavy atom. The van der Waals surface area contributed by atoms with E-state index in [1.807, 2.05) is 32.0 Å². The van der Waals surface area contributed by atoms with E-state index in [2.05, 4.69) is 58.9 Å². The van der Waals surface area contributed by atoms with E-state index in [4.69, 9.17) is 25.8 Å². The third-order valence-corrected chi connectivity index (χ3v) is 24.4. The largest absolute Gasteiger partial charge is 0.647 e. The first-order valence-corrected chi connectivity index (χ1v) is 36.0. The Morgan fingerprint density at radius 1 is 0.532 bits per heavy atom. The fourth-order valence-corrected chi connectivity index (χ4v) is 22.6. The molecule has 0 amide bonds. The number of aryl methyl sites for hydroxylation is 4. The zero-order valence-electron chi connectivity index (χ0n) is 39.3. The molecule has 340 valence electrons. The van der Waals surface area contributed by atoms with E-state index in [1.54, 1.807) is 94.4 Å². The molecule has 0 aliphatic carbocycles. The van der Waals surface area contributed by atoms with Crippen molar-refractivity contribution in [3.63, 3.8) is 0 Å². The lowest BCUT2D eigenvalue weighted by molar-refractivity contribution is 0.0760. The second-order valence-electron chi connectivity index (χ2n) is 18.0. The van der Waals surface area contributed by atoms with Crippen molar-refractivity contribution in [3.05, 3.63) is 129 Å². The monoisotopic (exact) mass is 958 g/mol. The Balaban J connectivity index is 0.000000377. The van der Waals surface area contributed by atoms with Gasteiger partial charge in [-0.05, 0) is 158 Å². The smallest absolute Gasteiger partial charge is 0.395 e. The SMILES string of the molecule is CCOP(=O)(C(=O)c1c(C)cc(CO)cc1C)c1ccccc1.CCOP(=O)(C(=O)c1c(C)cc(CO[Si](O[Si](C)(C)C)(O[Si](C)(C)C)O[Si](C)(C)C)cc1C)c1ccccc1. The summed E-state index contributed by atoms with van der Waals surface area (Å²) >= 11 is 0. The van der Waals surface area contributed by atoms with Crippen molar-refractivity contribution in [3.8, 4) is 0 Å². The molecule has 2 unspecified atom stereocenters. The van der Waals surface area contributed by atoms with Gasteiger partial charge in [-0.25, -0.2) is 0 Å². The van der Waals surface area contributed by atoms with Crippen molar-refractivity contribution >= 4 is 70.4 Å². The summed E-state index contributed by atoms with van der Waals surface area (Å²) in [5, 5.41) is 10.1. The Bertz CT molecular complexity index is 2170. The average Bonchev–Trinajstić information content (AvgIpc) is 3.15. The van der Waals surface area contributed by atoms with E-state index in [9.17, 15) is 23.8 Å². The summed E-state index contributed by atoms with van der Waals surface area (Å²) in [7, 11) is -17.2. The van der Waals surface area contributed by atoms with Gasteiger partial charge in [0.05, 0.1) is 26.4 Å². The molecule has 62 heavy (non-hydrogen) atoms. The highest BCUT2D eigenvalue weighted by Crippen LogP contribution is 2.51. The van der Waals surface area contributed by atoms with Crippen molar-refractivity contribution in [2.45, 2.75) is 114 Å². The summed E-state index contributed by atoms with van der Waals surface area (Å²) in [6.07, 6.45) is 0. The molecule has 17 heteroatoms. The maximum Gasteiger partial charge on any atom is 0.647 e. The predicted molar refractivity (Wildman–Crippen MR) is 261 cm³/mol. The molecule has 2 atom stereocenters. The molecule has 0 fully saturated rings. The van der Waals surface area contributed by atoms with Gasteiger partial charge in [-0.15, -0.1) is 0 Å². The summed E-state index contributed by atoms with van der Waals surface area (Å²) in [6, 6.07) is 24.6. The Morgan fingerprint density at radius 3 is 1.11 bits per heavy atom. The standard InChI is InChI=1S/C27H47O7PSi4.C18H21O4P/c1-13-30-35(29,25-17-15-14-16-18-25)27(28)26-22(2)19-24(20-23(26)3)21-31-39(32-36(4,5)6,33-37(7,8)9)34-38(10,11)12;1-4-22-23(21,16-8-6-5-7-9-16)18(20)17-13(2)10-15(12-19)11-14(17)3/h14-20H,13,21H2,1-12H3;5-11,19H,4,12H2,1-3H3. The van der Waals surface area contributed by atoms with Crippen molar-refractivity contribution in [2.24, 2.45) is 0 Å². The highest BCUT2D eigenvalue weighted by atomic mass is 31.2. The number of carbonyl (C=O) groups is 2. The van der Waals surface area contributed by atoms with Gasteiger partial charge in [0.15, 0.2) is 25.0 Å². The maximum absolute atomic E-state index is 13.9. The molecule has 0 aliphatic rings. The lowest BCUT2D eigenvalue weighted by Gasteiger charge is -2.40. The highest BCUT2D eigenvalue weighted by Gasteiger charge is 2.54. The minimum atomic E-state index is -3.78. The maximum atomic E-state index is 13.9. The minimum absolute atomic E-state index is 0.0992. The van der Waals surface area contributed by atoms with Crippen LogP contribution in [-0.4, -0.2) is 63.4 Å².